The summed E-state index contributed by atoms with van der Waals surface area (Å²) in [6.07, 6.45) is 4.81. The molecule has 0 bridgehead atoms. The molecule has 0 aromatic rings. The van der Waals surface area contributed by atoms with Crippen LogP contribution in [0.4, 0.5) is 0 Å². The van der Waals surface area contributed by atoms with Crippen molar-refractivity contribution >= 4 is 0 Å². The topological polar surface area (TPSA) is 47.9 Å². The molecule has 0 amide bonds. The number of aliphatic hydroxyl groups is 1. The number of hydrogen-bond donors (Lipinski definition) is 1. The molecule has 0 spiro atoms. The van der Waals surface area contributed by atoms with Crippen molar-refractivity contribution in [1.29, 1.82) is 0 Å². The summed E-state index contributed by atoms with van der Waals surface area (Å²) in [6.45, 7) is 3.60. The van der Waals surface area contributed by atoms with Crippen LogP contribution in [0.2, 0.25) is 0 Å². The molecule has 4 heteroatoms. The van der Waals surface area contributed by atoms with Gasteiger partial charge in [-0.3, -0.25) is 0 Å². The van der Waals surface area contributed by atoms with Gasteiger partial charge in [-0.25, -0.2) is 0 Å². The first kappa shape index (κ1) is 14.3. The van der Waals surface area contributed by atoms with Gasteiger partial charge in [0.1, 0.15) is 0 Å². The van der Waals surface area contributed by atoms with Crippen molar-refractivity contribution in [3.05, 3.63) is 0 Å². The van der Waals surface area contributed by atoms with Crippen LogP contribution in [0.3, 0.4) is 0 Å². The maximum Gasteiger partial charge on any atom is 0.0701 e. The second kappa shape index (κ2) is 6.85. The van der Waals surface area contributed by atoms with Crippen LogP contribution < -0.4 is 0 Å². The molecule has 106 valence electrons. The molecule has 2 aliphatic carbocycles. The normalized spacial score (nSPS) is 33.7. The minimum Gasteiger partial charge on any atom is -0.396 e. The Morgan fingerprint density at radius 2 is 1.61 bits per heavy atom. The maximum atomic E-state index is 9.56. The van der Waals surface area contributed by atoms with E-state index in [1.807, 2.05) is 0 Å². The van der Waals surface area contributed by atoms with Gasteiger partial charge in [-0.05, 0) is 42.9 Å². The van der Waals surface area contributed by atoms with Crippen LogP contribution in [0.1, 0.15) is 25.7 Å². The Balaban J connectivity index is 1.47. The third-order valence-corrected chi connectivity index (χ3v) is 4.38. The summed E-state index contributed by atoms with van der Waals surface area (Å²) in [5, 5.41) is 9.56. The van der Waals surface area contributed by atoms with E-state index in [9.17, 15) is 5.11 Å². The number of fused-ring (bicyclic) bond motifs is 1. The maximum absolute atomic E-state index is 9.56. The van der Waals surface area contributed by atoms with Gasteiger partial charge in [0.25, 0.3) is 0 Å². The smallest absolute Gasteiger partial charge is 0.0701 e. The highest BCUT2D eigenvalue weighted by atomic mass is 16.5. The lowest BCUT2D eigenvalue weighted by Gasteiger charge is -2.28. The highest BCUT2D eigenvalue weighted by molar-refractivity contribution is 5.02. The first-order valence-corrected chi connectivity index (χ1v) is 7.05. The van der Waals surface area contributed by atoms with Gasteiger partial charge < -0.3 is 19.3 Å². The van der Waals surface area contributed by atoms with E-state index < -0.39 is 0 Å². The molecular weight excluding hydrogens is 232 g/mol. The van der Waals surface area contributed by atoms with Gasteiger partial charge in [0, 0.05) is 20.3 Å². The molecule has 2 unspecified atom stereocenters. The summed E-state index contributed by atoms with van der Waals surface area (Å²) in [6, 6.07) is 0. The zero-order chi connectivity index (χ0) is 12.8. The van der Waals surface area contributed by atoms with E-state index in [4.69, 9.17) is 14.2 Å². The van der Waals surface area contributed by atoms with E-state index in [0.717, 1.165) is 24.9 Å². The fraction of sp³-hybridized carbons (Fsp3) is 1.00. The van der Waals surface area contributed by atoms with Crippen molar-refractivity contribution in [3.8, 4) is 0 Å². The average Bonchev–Trinajstić information content (AvgIpc) is 3.01. The van der Waals surface area contributed by atoms with Gasteiger partial charge in [0.05, 0.1) is 26.4 Å². The van der Waals surface area contributed by atoms with Gasteiger partial charge in [0.2, 0.25) is 0 Å². The molecule has 2 aliphatic rings. The van der Waals surface area contributed by atoms with Gasteiger partial charge in [-0.15, -0.1) is 0 Å². The van der Waals surface area contributed by atoms with Crippen LogP contribution in [0, 0.1) is 17.3 Å². The predicted octanol–water partition coefficient (Wildman–Crippen LogP) is 1.46. The first-order valence-electron chi connectivity index (χ1n) is 7.05. The van der Waals surface area contributed by atoms with E-state index >= 15 is 0 Å². The molecule has 0 aliphatic heterocycles. The Labute approximate surface area is 110 Å². The molecule has 0 aromatic heterocycles. The summed E-state index contributed by atoms with van der Waals surface area (Å²) < 4.78 is 15.8. The van der Waals surface area contributed by atoms with Crippen molar-refractivity contribution < 1.29 is 19.3 Å². The predicted molar refractivity (Wildman–Crippen MR) is 68.5 cm³/mol. The lowest BCUT2D eigenvalue weighted by Crippen LogP contribution is -2.25. The molecule has 4 nitrogen and oxygen atoms in total. The fourth-order valence-electron chi connectivity index (χ4n) is 3.17. The van der Waals surface area contributed by atoms with E-state index in [1.54, 1.807) is 7.11 Å². The summed E-state index contributed by atoms with van der Waals surface area (Å²) in [5.41, 5.74) is 0.171. The Morgan fingerprint density at radius 1 is 1.00 bits per heavy atom. The zero-order valence-electron chi connectivity index (χ0n) is 11.4. The SMILES string of the molecule is COCCOCCOCCC1(CO)CC2CC2C1. The lowest BCUT2D eigenvalue weighted by atomic mass is 9.81. The second-order valence-electron chi connectivity index (χ2n) is 5.79. The Morgan fingerprint density at radius 3 is 2.22 bits per heavy atom. The van der Waals surface area contributed by atoms with Gasteiger partial charge >= 0.3 is 0 Å². The average molecular weight is 258 g/mol. The van der Waals surface area contributed by atoms with E-state index in [-0.39, 0.29) is 5.41 Å². The van der Waals surface area contributed by atoms with Crippen LogP contribution in [0.15, 0.2) is 0 Å². The summed E-state index contributed by atoms with van der Waals surface area (Å²) in [5.74, 6) is 1.82. The van der Waals surface area contributed by atoms with Crippen LogP contribution in [-0.2, 0) is 14.2 Å². The van der Waals surface area contributed by atoms with Gasteiger partial charge in [0.15, 0.2) is 0 Å². The molecule has 0 aromatic carbocycles. The number of rotatable bonds is 10. The van der Waals surface area contributed by atoms with Gasteiger partial charge in [-0.2, -0.15) is 0 Å². The Bertz CT molecular complexity index is 234. The number of aliphatic hydroxyl groups excluding tert-OH is 1. The molecule has 0 saturated heterocycles. The quantitative estimate of drug-likeness (QED) is 0.603. The molecular formula is C14H26O4. The highest BCUT2D eigenvalue weighted by Gasteiger charge is 2.53. The molecule has 2 saturated carbocycles. The minimum absolute atomic E-state index is 0.171. The van der Waals surface area contributed by atoms with E-state index in [0.29, 0.717) is 33.0 Å². The highest BCUT2D eigenvalue weighted by Crippen LogP contribution is 2.60. The number of methoxy groups -OCH3 is 1. The van der Waals surface area contributed by atoms with Crippen molar-refractivity contribution in [3.63, 3.8) is 0 Å². The van der Waals surface area contributed by atoms with Crippen LogP contribution in [0.25, 0.3) is 0 Å². The van der Waals surface area contributed by atoms with Crippen LogP contribution >= 0.6 is 0 Å². The van der Waals surface area contributed by atoms with Crippen LogP contribution in [0.5, 0.6) is 0 Å². The first-order chi connectivity index (χ1) is 8.79. The molecule has 0 heterocycles. The van der Waals surface area contributed by atoms with Crippen molar-refractivity contribution in [2.75, 3.05) is 46.8 Å². The lowest BCUT2D eigenvalue weighted by molar-refractivity contribution is 0.00830. The van der Waals surface area contributed by atoms with E-state index in [2.05, 4.69) is 0 Å². The fourth-order valence-corrected chi connectivity index (χ4v) is 3.17. The molecule has 2 atom stereocenters. The summed E-state index contributed by atoms with van der Waals surface area (Å²) in [4.78, 5) is 0. The van der Waals surface area contributed by atoms with Crippen molar-refractivity contribution in [1.82, 2.24) is 0 Å². The number of hydrogen-bond acceptors (Lipinski definition) is 4. The summed E-state index contributed by atoms with van der Waals surface area (Å²) >= 11 is 0. The minimum atomic E-state index is 0.171. The monoisotopic (exact) mass is 258 g/mol. The van der Waals surface area contributed by atoms with Crippen molar-refractivity contribution in [2.24, 2.45) is 17.3 Å². The third-order valence-electron chi connectivity index (χ3n) is 4.38. The second-order valence-corrected chi connectivity index (χ2v) is 5.79. The number of ether oxygens (including phenoxy) is 3. The van der Waals surface area contributed by atoms with Gasteiger partial charge in [-0.1, -0.05) is 0 Å². The molecule has 0 radical (unpaired) electrons. The molecule has 2 fully saturated rings. The largest absolute Gasteiger partial charge is 0.396 e. The zero-order valence-corrected chi connectivity index (χ0v) is 11.4. The third kappa shape index (κ3) is 3.92. The standard InChI is InChI=1S/C14H26O4/c1-16-4-5-18-7-6-17-3-2-14(11-15)9-12-8-13(12)10-14/h12-13,15H,2-11H2,1H3. The summed E-state index contributed by atoms with van der Waals surface area (Å²) in [7, 11) is 1.67. The van der Waals surface area contributed by atoms with Crippen LogP contribution in [-0.4, -0.2) is 51.9 Å². The molecule has 1 N–H and O–H groups in total. The van der Waals surface area contributed by atoms with Crippen molar-refractivity contribution in [2.45, 2.75) is 25.7 Å². The molecule has 18 heavy (non-hydrogen) atoms. The Kier molecular flexibility index (Phi) is 5.42. The van der Waals surface area contributed by atoms with E-state index in [1.165, 1.54) is 19.3 Å². The Hall–Kier alpha value is -0.160. The molecule has 2 rings (SSSR count).